The van der Waals surface area contributed by atoms with Crippen LogP contribution in [-0.4, -0.2) is 20.7 Å². The lowest BCUT2D eigenvalue weighted by atomic mass is 10.1. The number of aromatic nitrogens is 3. The van der Waals surface area contributed by atoms with Crippen molar-refractivity contribution in [3.63, 3.8) is 0 Å². The first-order chi connectivity index (χ1) is 10.7. The number of carbonyl (C=O) groups excluding carboxylic acids is 1. The summed E-state index contributed by atoms with van der Waals surface area (Å²) in [6, 6.07) is 12.5. The highest BCUT2D eigenvalue weighted by Crippen LogP contribution is 2.13. The first-order valence-electron chi connectivity index (χ1n) is 6.72. The molecule has 0 saturated heterocycles. The van der Waals surface area contributed by atoms with Crippen molar-refractivity contribution in [3.8, 4) is 5.69 Å². The van der Waals surface area contributed by atoms with Crippen LogP contribution >= 0.6 is 0 Å². The Kier molecular flexibility index (Phi) is 3.91. The standard InChI is InChI=1S/C16H13FN4O/c17-13-11-18-8-6-14(13)21-9-7-15(20-21)19-16(22)10-12-4-2-1-3-5-12/h1-9,11H,10H2,(H,19,20,22). The van der Waals surface area contributed by atoms with E-state index in [0.717, 1.165) is 11.8 Å². The van der Waals surface area contributed by atoms with Crippen LogP contribution in [0.1, 0.15) is 5.56 Å². The molecule has 6 heteroatoms. The van der Waals surface area contributed by atoms with Gasteiger partial charge in [0.25, 0.3) is 0 Å². The third kappa shape index (κ3) is 3.17. The van der Waals surface area contributed by atoms with Gasteiger partial charge in [-0.2, -0.15) is 0 Å². The van der Waals surface area contributed by atoms with Crippen LogP contribution < -0.4 is 5.32 Å². The largest absolute Gasteiger partial charge is 0.309 e. The molecule has 0 aliphatic heterocycles. The SMILES string of the molecule is O=C(Cc1ccccc1)Nc1ccn(-c2ccncc2F)n1. The van der Waals surface area contributed by atoms with Gasteiger partial charge in [0.2, 0.25) is 5.91 Å². The van der Waals surface area contributed by atoms with Crippen molar-refractivity contribution >= 4 is 11.7 Å². The summed E-state index contributed by atoms with van der Waals surface area (Å²) in [5.74, 6) is -0.281. The number of nitrogens with one attached hydrogen (secondary N) is 1. The van der Waals surface area contributed by atoms with E-state index in [0.29, 0.717) is 5.82 Å². The van der Waals surface area contributed by atoms with Crippen molar-refractivity contribution in [2.24, 2.45) is 0 Å². The number of halogens is 1. The van der Waals surface area contributed by atoms with Crippen LogP contribution in [0.2, 0.25) is 0 Å². The molecule has 1 aromatic carbocycles. The van der Waals surface area contributed by atoms with E-state index in [-0.39, 0.29) is 18.0 Å². The lowest BCUT2D eigenvalue weighted by Crippen LogP contribution is -2.15. The summed E-state index contributed by atoms with van der Waals surface area (Å²) in [6.45, 7) is 0. The summed E-state index contributed by atoms with van der Waals surface area (Å²) in [4.78, 5) is 15.6. The van der Waals surface area contributed by atoms with Crippen molar-refractivity contribution < 1.29 is 9.18 Å². The fraction of sp³-hybridized carbons (Fsp3) is 0.0625. The Balaban J connectivity index is 1.70. The van der Waals surface area contributed by atoms with Crippen molar-refractivity contribution in [1.29, 1.82) is 0 Å². The molecule has 0 radical (unpaired) electrons. The molecule has 0 aliphatic rings. The fourth-order valence-corrected chi connectivity index (χ4v) is 2.05. The molecule has 110 valence electrons. The first kappa shape index (κ1) is 13.9. The van der Waals surface area contributed by atoms with Crippen LogP contribution in [0.4, 0.5) is 10.2 Å². The molecule has 0 spiro atoms. The Hall–Kier alpha value is -3.02. The summed E-state index contributed by atoms with van der Waals surface area (Å²) in [7, 11) is 0. The van der Waals surface area contributed by atoms with Crippen molar-refractivity contribution in [3.05, 3.63) is 72.4 Å². The predicted octanol–water partition coefficient (Wildman–Crippen LogP) is 2.59. The number of rotatable bonds is 4. The number of anilines is 1. The van der Waals surface area contributed by atoms with Crippen molar-refractivity contribution in [2.45, 2.75) is 6.42 Å². The van der Waals surface area contributed by atoms with E-state index < -0.39 is 5.82 Å². The number of hydrogen-bond donors (Lipinski definition) is 1. The van der Waals surface area contributed by atoms with Gasteiger partial charge < -0.3 is 5.32 Å². The van der Waals surface area contributed by atoms with Gasteiger partial charge in [0.1, 0.15) is 5.69 Å². The van der Waals surface area contributed by atoms with E-state index in [1.807, 2.05) is 30.3 Å². The number of nitrogens with zero attached hydrogens (tertiary/aromatic N) is 3. The van der Waals surface area contributed by atoms with Gasteiger partial charge in [-0.3, -0.25) is 9.78 Å². The average Bonchev–Trinajstić information content (AvgIpc) is 2.97. The smallest absolute Gasteiger partial charge is 0.229 e. The van der Waals surface area contributed by atoms with Gasteiger partial charge >= 0.3 is 0 Å². The summed E-state index contributed by atoms with van der Waals surface area (Å²) in [6.07, 6.45) is 4.44. The number of hydrogen-bond acceptors (Lipinski definition) is 3. The van der Waals surface area contributed by atoms with E-state index in [2.05, 4.69) is 15.4 Å². The maximum Gasteiger partial charge on any atom is 0.229 e. The number of amides is 1. The van der Waals surface area contributed by atoms with Crippen LogP contribution in [-0.2, 0) is 11.2 Å². The molecule has 0 unspecified atom stereocenters. The molecule has 1 amide bonds. The molecule has 0 atom stereocenters. The number of carbonyl (C=O) groups is 1. The van der Waals surface area contributed by atoms with Crippen LogP contribution in [0, 0.1) is 5.82 Å². The first-order valence-corrected chi connectivity index (χ1v) is 6.72. The molecule has 2 heterocycles. The quantitative estimate of drug-likeness (QED) is 0.805. The van der Waals surface area contributed by atoms with Crippen LogP contribution in [0.25, 0.3) is 5.69 Å². The van der Waals surface area contributed by atoms with Gasteiger partial charge in [-0.05, 0) is 11.6 Å². The lowest BCUT2D eigenvalue weighted by Gasteiger charge is -2.03. The zero-order chi connectivity index (χ0) is 15.4. The Labute approximate surface area is 126 Å². The molecule has 0 aliphatic carbocycles. The van der Waals surface area contributed by atoms with Gasteiger partial charge in [-0.1, -0.05) is 30.3 Å². The normalized spacial score (nSPS) is 10.4. The molecule has 1 N–H and O–H groups in total. The molecule has 3 aromatic rings. The maximum atomic E-state index is 13.6. The zero-order valence-corrected chi connectivity index (χ0v) is 11.6. The number of benzene rings is 1. The van der Waals surface area contributed by atoms with Gasteiger partial charge in [0.05, 0.1) is 12.6 Å². The second-order valence-corrected chi connectivity index (χ2v) is 4.68. The van der Waals surface area contributed by atoms with E-state index in [1.54, 1.807) is 12.3 Å². The number of pyridine rings is 1. The molecule has 22 heavy (non-hydrogen) atoms. The minimum absolute atomic E-state index is 0.174. The molecular weight excluding hydrogens is 283 g/mol. The Morgan fingerprint density at radius 3 is 2.77 bits per heavy atom. The Bertz CT molecular complexity index is 786. The second kappa shape index (κ2) is 6.17. The molecule has 5 nitrogen and oxygen atoms in total. The van der Waals surface area contributed by atoms with E-state index >= 15 is 0 Å². The molecular formula is C16H13FN4O. The summed E-state index contributed by atoms with van der Waals surface area (Å²) >= 11 is 0. The summed E-state index contributed by atoms with van der Waals surface area (Å²) < 4.78 is 15.0. The van der Waals surface area contributed by atoms with Crippen LogP contribution in [0.5, 0.6) is 0 Å². The second-order valence-electron chi connectivity index (χ2n) is 4.68. The molecule has 2 aromatic heterocycles. The maximum absolute atomic E-state index is 13.6. The third-order valence-electron chi connectivity index (χ3n) is 3.06. The van der Waals surface area contributed by atoms with Gasteiger partial charge in [-0.25, -0.2) is 9.07 Å². The van der Waals surface area contributed by atoms with E-state index in [9.17, 15) is 9.18 Å². The van der Waals surface area contributed by atoms with Gasteiger partial charge in [0, 0.05) is 18.5 Å². The minimum Gasteiger partial charge on any atom is -0.309 e. The Morgan fingerprint density at radius 2 is 2.00 bits per heavy atom. The van der Waals surface area contributed by atoms with Crippen molar-refractivity contribution in [2.75, 3.05) is 5.32 Å². The highest BCUT2D eigenvalue weighted by atomic mass is 19.1. The predicted molar refractivity (Wildman–Crippen MR) is 80.1 cm³/mol. The fourth-order valence-electron chi connectivity index (χ4n) is 2.05. The van der Waals surface area contributed by atoms with Crippen LogP contribution in [0.3, 0.4) is 0 Å². The van der Waals surface area contributed by atoms with Gasteiger partial charge in [0.15, 0.2) is 11.6 Å². The van der Waals surface area contributed by atoms with Gasteiger partial charge in [-0.15, -0.1) is 5.10 Å². The molecule has 0 fully saturated rings. The van der Waals surface area contributed by atoms with Crippen LogP contribution in [0.15, 0.2) is 61.1 Å². The zero-order valence-electron chi connectivity index (χ0n) is 11.6. The highest BCUT2D eigenvalue weighted by Gasteiger charge is 2.09. The average molecular weight is 296 g/mol. The van der Waals surface area contributed by atoms with Crippen molar-refractivity contribution in [1.82, 2.24) is 14.8 Å². The summed E-state index contributed by atoms with van der Waals surface area (Å²) in [5.41, 5.74) is 1.19. The van der Waals surface area contributed by atoms with E-state index in [1.165, 1.54) is 16.9 Å². The molecule has 0 bridgehead atoms. The topological polar surface area (TPSA) is 59.8 Å². The highest BCUT2D eigenvalue weighted by molar-refractivity contribution is 5.91. The lowest BCUT2D eigenvalue weighted by molar-refractivity contribution is -0.115. The Morgan fingerprint density at radius 1 is 1.18 bits per heavy atom. The third-order valence-corrected chi connectivity index (χ3v) is 3.06. The minimum atomic E-state index is -0.479. The molecule has 0 saturated carbocycles. The summed E-state index contributed by atoms with van der Waals surface area (Å²) in [5, 5.41) is 6.83. The van der Waals surface area contributed by atoms with E-state index in [4.69, 9.17) is 0 Å². The monoisotopic (exact) mass is 296 g/mol. The molecule has 3 rings (SSSR count).